The highest BCUT2D eigenvalue weighted by molar-refractivity contribution is 6.00. The lowest BCUT2D eigenvalue weighted by molar-refractivity contribution is 0.0949. The van der Waals surface area contributed by atoms with Crippen LogP contribution in [0.25, 0.3) is 11.3 Å². The van der Waals surface area contributed by atoms with E-state index in [0.717, 1.165) is 25.1 Å². The van der Waals surface area contributed by atoms with Gasteiger partial charge in [0.15, 0.2) is 0 Å². The number of aryl methyl sites for hydroxylation is 1. The van der Waals surface area contributed by atoms with Gasteiger partial charge in [-0.3, -0.25) is 4.79 Å². The normalized spacial score (nSPS) is 17.9. The third-order valence-electron chi connectivity index (χ3n) is 4.37. The van der Waals surface area contributed by atoms with Gasteiger partial charge in [-0.05, 0) is 45.2 Å². The van der Waals surface area contributed by atoms with E-state index in [-0.39, 0.29) is 5.91 Å². The zero-order valence-corrected chi connectivity index (χ0v) is 13.5. The molecule has 1 aromatic heterocycles. The Labute approximate surface area is 136 Å². The van der Waals surface area contributed by atoms with Crippen molar-refractivity contribution in [2.45, 2.75) is 26.2 Å². The van der Waals surface area contributed by atoms with Crippen molar-refractivity contribution in [3.8, 4) is 11.3 Å². The van der Waals surface area contributed by atoms with E-state index < -0.39 is 0 Å². The fourth-order valence-corrected chi connectivity index (χ4v) is 3.08. The van der Waals surface area contributed by atoms with Crippen LogP contribution >= 0.6 is 0 Å². The predicted octanol–water partition coefficient (Wildman–Crippen LogP) is 2.77. The Bertz CT molecular complexity index is 646. The molecule has 1 amide bonds. The largest absolute Gasteiger partial charge is 0.360 e. The summed E-state index contributed by atoms with van der Waals surface area (Å²) in [5.74, 6) is 1.10. The zero-order chi connectivity index (χ0) is 16.1. The SMILES string of the molecule is Cc1onc(-c2ccccc2)c1C(=O)NCCC1CCCNC1. The van der Waals surface area contributed by atoms with Crippen molar-refractivity contribution in [1.82, 2.24) is 15.8 Å². The van der Waals surface area contributed by atoms with E-state index in [2.05, 4.69) is 15.8 Å². The number of hydrogen-bond acceptors (Lipinski definition) is 4. The number of nitrogens with one attached hydrogen (secondary N) is 2. The summed E-state index contributed by atoms with van der Waals surface area (Å²) in [6.45, 7) is 4.63. The van der Waals surface area contributed by atoms with Crippen LogP contribution in [0, 0.1) is 12.8 Å². The molecule has 2 N–H and O–H groups in total. The molecule has 1 unspecified atom stereocenters. The van der Waals surface area contributed by atoms with Crippen molar-refractivity contribution in [3.63, 3.8) is 0 Å². The number of carbonyl (C=O) groups excluding carboxylic acids is 1. The second kappa shape index (κ2) is 7.42. The van der Waals surface area contributed by atoms with E-state index in [9.17, 15) is 4.79 Å². The number of benzene rings is 1. The molecule has 1 aliphatic rings. The summed E-state index contributed by atoms with van der Waals surface area (Å²) in [7, 11) is 0. The number of carbonyl (C=O) groups is 1. The summed E-state index contributed by atoms with van der Waals surface area (Å²) in [4.78, 5) is 12.5. The molecule has 1 atom stereocenters. The van der Waals surface area contributed by atoms with Gasteiger partial charge in [-0.1, -0.05) is 35.5 Å². The average molecular weight is 313 g/mol. The quantitative estimate of drug-likeness (QED) is 0.891. The lowest BCUT2D eigenvalue weighted by Crippen LogP contribution is -2.33. The zero-order valence-electron chi connectivity index (χ0n) is 13.5. The molecule has 5 nitrogen and oxygen atoms in total. The van der Waals surface area contributed by atoms with Gasteiger partial charge in [-0.2, -0.15) is 0 Å². The van der Waals surface area contributed by atoms with E-state index in [4.69, 9.17) is 4.52 Å². The van der Waals surface area contributed by atoms with Crippen LogP contribution in [-0.2, 0) is 0 Å². The predicted molar refractivity (Wildman–Crippen MR) is 89.2 cm³/mol. The summed E-state index contributed by atoms with van der Waals surface area (Å²) in [6.07, 6.45) is 3.47. The number of hydrogen-bond donors (Lipinski definition) is 2. The van der Waals surface area contributed by atoms with E-state index in [1.54, 1.807) is 6.92 Å². The summed E-state index contributed by atoms with van der Waals surface area (Å²) >= 11 is 0. The van der Waals surface area contributed by atoms with E-state index in [0.29, 0.717) is 29.5 Å². The lowest BCUT2D eigenvalue weighted by atomic mass is 9.96. The Morgan fingerprint density at radius 2 is 2.22 bits per heavy atom. The molecule has 2 aromatic rings. The first-order valence-corrected chi connectivity index (χ1v) is 8.26. The third kappa shape index (κ3) is 3.79. The molecule has 23 heavy (non-hydrogen) atoms. The molecule has 0 spiro atoms. The second-order valence-corrected chi connectivity index (χ2v) is 6.09. The van der Waals surface area contributed by atoms with Crippen molar-refractivity contribution in [2.24, 2.45) is 5.92 Å². The van der Waals surface area contributed by atoms with Crippen LogP contribution in [-0.4, -0.2) is 30.7 Å². The first kappa shape index (κ1) is 15.7. The Balaban J connectivity index is 1.64. The monoisotopic (exact) mass is 313 g/mol. The molecule has 2 heterocycles. The Hall–Kier alpha value is -2.14. The number of piperidine rings is 1. The maximum Gasteiger partial charge on any atom is 0.257 e. The standard InChI is InChI=1S/C18H23N3O2/c1-13-16(17(21-23-13)15-7-3-2-4-8-15)18(22)20-11-9-14-6-5-10-19-12-14/h2-4,7-8,14,19H,5-6,9-12H2,1H3,(H,20,22). The van der Waals surface area contributed by atoms with Crippen LogP contribution in [0.15, 0.2) is 34.9 Å². The van der Waals surface area contributed by atoms with Crippen LogP contribution in [0.3, 0.4) is 0 Å². The fourth-order valence-electron chi connectivity index (χ4n) is 3.08. The second-order valence-electron chi connectivity index (χ2n) is 6.09. The topological polar surface area (TPSA) is 67.2 Å². The summed E-state index contributed by atoms with van der Waals surface area (Å²) in [5, 5.41) is 10.5. The molecule has 0 radical (unpaired) electrons. The number of nitrogens with zero attached hydrogens (tertiary/aromatic N) is 1. The number of amides is 1. The number of aromatic nitrogens is 1. The Morgan fingerprint density at radius 1 is 1.39 bits per heavy atom. The van der Waals surface area contributed by atoms with Gasteiger partial charge < -0.3 is 15.2 Å². The first-order chi connectivity index (χ1) is 11.3. The van der Waals surface area contributed by atoms with Gasteiger partial charge in [-0.15, -0.1) is 0 Å². The lowest BCUT2D eigenvalue weighted by Gasteiger charge is -2.22. The highest BCUT2D eigenvalue weighted by Gasteiger charge is 2.21. The Morgan fingerprint density at radius 3 is 2.96 bits per heavy atom. The van der Waals surface area contributed by atoms with Crippen molar-refractivity contribution < 1.29 is 9.32 Å². The molecule has 122 valence electrons. The van der Waals surface area contributed by atoms with Crippen LogP contribution in [0.4, 0.5) is 0 Å². The molecule has 0 bridgehead atoms. The van der Waals surface area contributed by atoms with Gasteiger partial charge >= 0.3 is 0 Å². The molecule has 0 saturated carbocycles. The molecule has 1 aliphatic heterocycles. The van der Waals surface area contributed by atoms with Crippen LogP contribution in [0.1, 0.15) is 35.4 Å². The maximum atomic E-state index is 12.5. The van der Waals surface area contributed by atoms with Gasteiger partial charge in [0.05, 0.1) is 0 Å². The van der Waals surface area contributed by atoms with Crippen molar-refractivity contribution in [3.05, 3.63) is 41.7 Å². The van der Waals surface area contributed by atoms with E-state index >= 15 is 0 Å². The Kier molecular flexibility index (Phi) is 5.08. The molecule has 1 aromatic carbocycles. The van der Waals surface area contributed by atoms with Crippen LogP contribution in [0.2, 0.25) is 0 Å². The minimum Gasteiger partial charge on any atom is -0.360 e. The van der Waals surface area contributed by atoms with Gasteiger partial charge in [0.2, 0.25) is 0 Å². The van der Waals surface area contributed by atoms with Crippen molar-refractivity contribution in [2.75, 3.05) is 19.6 Å². The summed E-state index contributed by atoms with van der Waals surface area (Å²) < 4.78 is 5.25. The minimum atomic E-state index is -0.105. The molecule has 0 aliphatic carbocycles. The highest BCUT2D eigenvalue weighted by atomic mass is 16.5. The van der Waals surface area contributed by atoms with Crippen LogP contribution < -0.4 is 10.6 Å². The first-order valence-electron chi connectivity index (χ1n) is 8.26. The molecular formula is C18H23N3O2. The van der Waals surface area contributed by atoms with Crippen molar-refractivity contribution >= 4 is 5.91 Å². The molecule has 5 heteroatoms. The maximum absolute atomic E-state index is 12.5. The molecule has 1 fully saturated rings. The van der Waals surface area contributed by atoms with Gasteiger partial charge in [0, 0.05) is 12.1 Å². The third-order valence-corrected chi connectivity index (χ3v) is 4.37. The van der Waals surface area contributed by atoms with Gasteiger partial charge in [0.25, 0.3) is 5.91 Å². The van der Waals surface area contributed by atoms with Crippen LogP contribution in [0.5, 0.6) is 0 Å². The summed E-state index contributed by atoms with van der Waals surface area (Å²) in [5.41, 5.74) is 2.05. The molecule has 1 saturated heterocycles. The average Bonchev–Trinajstić information content (AvgIpc) is 2.98. The minimum absolute atomic E-state index is 0.105. The smallest absolute Gasteiger partial charge is 0.257 e. The van der Waals surface area contributed by atoms with Crippen molar-refractivity contribution in [1.29, 1.82) is 0 Å². The number of rotatable bonds is 5. The highest BCUT2D eigenvalue weighted by Crippen LogP contribution is 2.25. The molecular weight excluding hydrogens is 290 g/mol. The van der Waals surface area contributed by atoms with E-state index in [1.165, 1.54) is 12.8 Å². The van der Waals surface area contributed by atoms with Gasteiger partial charge in [-0.25, -0.2) is 0 Å². The summed E-state index contributed by atoms with van der Waals surface area (Å²) in [6, 6.07) is 9.66. The van der Waals surface area contributed by atoms with Gasteiger partial charge in [0.1, 0.15) is 17.0 Å². The molecule has 3 rings (SSSR count). The fraction of sp³-hybridized carbons (Fsp3) is 0.444. The van der Waals surface area contributed by atoms with E-state index in [1.807, 2.05) is 30.3 Å².